The maximum atomic E-state index is 15.0. The van der Waals surface area contributed by atoms with Crippen LogP contribution >= 0.6 is 16.2 Å². The Bertz CT molecular complexity index is 2210. The third-order valence-electron chi connectivity index (χ3n) is 10.8. The van der Waals surface area contributed by atoms with E-state index in [4.69, 9.17) is 18.9 Å². The van der Waals surface area contributed by atoms with Gasteiger partial charge in [-0.05, 0) is 68.4 Å². The molecule has 1 aromatic heterocycles. The number of aromatic nitrogens is 3. The van der Waals surface area contributed by atoms with Crippen molar-refractivity contribution in [3.8, 4) is 5.75 Å². The Morgan fingerprint density at radius 2 is 1.41 bits per heavy atom. The Balaban J connectivity index is 0.000000952. The second kappa shape index (κ2) is 19.6. The monoisotopic (exact) mass is 982 g/mol. The molecule has 0 N–H and O–H groups in total. The normalized spacial score (nSPS) is 21.6. The molecule has 0 saturated carbocycles. The number of benzene rings is 3. The average Bonchev–Trinajstić information content (AvgIpc) is 3.98. The molecule has 3 aliphatic rings. The van der Waals surface area contributed by atoms with E-state index in [-0.39, 0.29) is 43.6 Å². The first kappa shape index (κ1) is 50.9. The van der Waals surface area contributed by atoms with Crippen molar-refractivity contribution >= 4 is 39.3 Å². The Kier molecular flexibility index (Phi) is 15.1. The van der Waals surface area contributed by atoms with Gasteiger partial charge < -0.3 is 28.7 Å². The minimum atomic E-state index is -10.7. The summed E-state index contributed by atoms with van der Waals surface area (Å²) in [6.45, 7) is 8.53. The van der Waals surface area contributed by atoms with Gasteiger partial charge >= 0.3 is 39.0 Å². The van der Waals surface area contributed by atoms with Gasteiger partial charge in [-0.15, -0.1) is 4.67 Å². The van der Waals surface area contributed by atoms with E-state index >= 15 is 0 Å². The molecule has 0 spiro atoms. The van der Waals surface area contributed by atoms with E-state index in [9.17, 15) is 38.8 Å². The summed E-state index contributed by atoms with van der Waals surface area (Å²) in [5, 5.41) is 4.14. The summed E-state index contributed by atoms with van der Waals surface area (Å²) in [7, 11) is -1.38. The van der Waals surface area contributed by atoms with Gasteiger partial charge in [0.1, 0.15) is 49.0 Å². The second-order valence-electron chi connectivity index (χ2n) is 16.8. The minimum absolute atomic E-state index is 0.00263. The molecule has 2 amide bonds. The van der Waals surface area contributed by atoms with Gasteiger partial charge in [-0.3, -0.25) is 9.80 Å². The fraction of sp³-hybridized carbons (Fsp3) is 0.488. The molecule has 3 fully saturated rings. The number of urea groups is 1. The molecule has 3 atom stereocenters. The molecule has 4 heterocycles. The first-order chi connectivity index (χ1) is 30.8. The summed E-state index contributed by atoms with van der Waals surface area (Å²) in [5.74, 6) is -0.757. The molecule has 366 valence electrons. The summed E-state index contributed by atoms with van der Waals surface area (Å²) in [6.07, 6.45) is 1.76. The van der Waals surface area contributed by atoms with Crippen LogP contribution in [-0.2, 0) is 26.4 Å². The Hall–Kier alpha value is -4.47. The molecule has 4 aromatic rings. The molecule has 3 aliphatic heterocycles. The molecule has 1 unspecified atom stereocenters. The number of carbonyl (C=O) groups excluding carboxylic acids is 1. The van der Waals surface area contributed by atoms with Crippen LogP contribution < -0.4 is 19.4 Å². The zero-order valence-electron chi connectivity index (χ0n) is 37.6. The van der Waals surface area contributed by atoms with Crippen molar-refractivity contribution in [2.24, 2.45) is 0 Å². The van der Waals surface area contributed by atoms with Crippen molar-refractivity contribution in [3.05, 3.63) is 96.6 Å². The second-order valence-corrected chi connectivity index (χ2v) is 21.8. The van der Waals surface area contributed by atoms with Crippen LogP contribution in [0.25, 0.3) is 0 Å². The summed E-state index contributed by atoms with van der Waals surface area (Å²) < 4.78 is 121. The van der Waals surface area contributed by atoms with Gasteiger partial charge in [0.15, 0.2) is 12.5 Å². The number of carbonyl (C=O) groups is 1. The van der Waals surface area contributed by atoms with Crippen LogP contribution in [0.3, 0.4) is 0 Å². The molecule has 0 radical (unpaired) electrons. The van der Waals surface area contributed by atoms with Crippen molar-refractivity contribution in [2.75, 3.05) is 103 Å². The number of amides is 2. The standard InChI is InChI=1S/C41H55F2N10O5P.F6P/c1-30(2)53-38(57-29-48(7)59(46(3)4)47(5)6)23-52(40(53)54)34-11-9-32(10-12-34)49-18-20-50(21-19-49)33-13-15-35(16-14-33)55-24-39-56-26-41(58-39,25-51-28-44-27-45-51)36-17-8-31(42)22-37(36)43;1-7(2,3,4,5)6/h8-17,22,27-28,30,38-39H,18-21,23-26,29H2,1-7H3;/q;-1/p+1/t38?,39-,41+;/m0./s1. The fourth-order valence-electron chi connectivity index (χ4n) is 8.18. The van der Waals surface area contributed by atoms with Crippen LogP contribution in [0, 0.1) is 11.6 Å². The Morgan fingerprint density at radius 1 is 0.848 bits per heavy atom. The third kappa shape index (κ3) is 13.8. The fourth-order valence-corrected chi connectivity index (χ4v) is 10.5. The molecule has 3 aromatic carbocycles. The number of hydrogen-bond acceptors (Lipinski definition) is 12. The van der Waals surface area contributed by atoms with Crippen molar-refractivity contribution in [1.82, 2.24) is 33.7 Å². The van der Waals surface area contributed by atoms with Crippen LogP contribution in [0.1, 0.15) is 19.4 Å². The summed E-state index contributed by atoms with van der Waals surface area (Å²) in [5.41, 5.74) is 1.99. The number of halogens is 8. The van der Waals surface area contributed by atoms with Crippen molar-refractivity contribution in [3.63, 3.8) is 0 Å². The van der Waals surface area contributed by atoms with Crippen molar-refractivity contribution in [1.29, 1.82) is 0 Å². The first-order valence-corrected chi connectivity index (χ1v) is 24.2. The van der Waals surface area contributed by atoms with E-state index in [1.165, 1.54) is 29.5 Å². The molecule has 7 rings (SSSR count). The Labute approximate surface area is 379 Å². The van der Waals surface area contributed by atoms with Crippen molar-refractivity contribution < 1.29 is 57.7 Å². The average molecular weight is 983 g/mol. The maximum absolute atomic E-state index is 15.0. The van der Waals surface area contributed by atoms with E-state index in [1.54, 1.807) is 0 Å². The van der Waals surface area contributed by atoms with Gasteiger partial charge in [0.2, 0.25) is 8.37 Å². The zero-order chi connectivity index (χ0) is 48.3. The topological polar surface area (TPSA) is 107 Å². The SMILES string of the molecule is CC(C)N1C(=O)N(c2ccc(N3CCN(c4ccc(OC[C@H]5OC[C@](Cn6cncn6)(c6ccc(F)cc6F)O5)cc4)CC3)cc2)CC1OCN(C)[PH+](N(C)C)N(C)C.F[P-](F)(F)(F)(F)F. The number of ether oxygens (including phenoxy) is 4. The van der Waals surface area contributed by atoms with Crippen LogP contribution in [0.4, 0.5) is 55.8 Å². The van der Waals surface area contributed by atoms with Crippen LogP contribution in [0.2, 0.25) is 0 Å². The molecular weight excluding hydrogens is 926 g/mol. The molecule has 0 aliphatic carbocycles. The molecule has 3 saturated heterocycles. The van der Waals surface area contributed by atoms with Gasteiger partial charge in [-0.25, -0.2) is 23.2 Å². The number of hydrogen-bond donors (Lipinski definition) is 0. The molecule has 25 heteroatoms. The number of anilines is 3. The summed E-state index contributed by atoms with van der Waals surface area (Å²) in [4.78, 5) is 26.0. The van der Waals surface area contributed by atoms with Gasteiger partial charge in [0.05, 0.1) is 19.7 Å². The predicted molar refractivity (Wildman–Crippen MR) is 238 cm³/mol. The summed E-state index contributed by atoms with van der Waals surface area (Å²) >= 11 is 0. The zero-order valence-corrected chi connectivity index (χ0v) is 39.5. The van der Waals surface area contributed by atoms with Gasteiger partial charge in [0.25, 0.3) is 0 Å². The van der Waals surface area contributed by atoms with E-state index in [0.29, 0.717) is 19.0 Å². The first-order valence-electron chi connectivity index (χ1n) is 20.9. The van der Waals surface area contributed by atoms with Crippen LogP contribution in [0.15, 0.2) is 79.4 Å². The Morgan fingerprint density at radius 3 is 1.92 bits per heavy atom. The van der Waals surface area contributed by atoms with E-state index in [1.807, 2.05) is 60.0 Å². The van der Waals surface area contributed by atoms with Crippen LogP contribution in [-0.4, -0.2) is 146 Å². The third-order valence-corrected chi connectivity index (χ3v) is 13.2. The number of rotatable bonds is 16. The number of nitrogens with zero attached hydrogens (tertiary/aromatic N) is 10. The molecular formula is C41H56F8N10O5P2. The quantitative estimate of drug-likeness (QED) is 0.0610. The van der Waals surface area contributed by atoms with Gasteiger partial charge in [0, 0.05) is 96.2 Å². The predicted octanol–water partition coefficient (Wildman–Crippen LogP) is 8.58. The molecule has 0 bridgehead atoms. The number of piperazine rings is 1. The van der Waals surface area contributed by atoms with Gasteiger partial charge in [-0.1, -0.05) is 6.07 Å². The van der Waals surface area contributed by atoms with Crippen LogP contribution in [0.5, 0.6) is 5.75 Å². The van der Waals surface area contributed by atoms with Crippen molar-refractivity contribution in [2.45, 2.75) is 44.6 Å². The van der Waals surface area contributed by atoms with E-state index < -0.39 is 39.7 Å². The molecule has 15 nitrogen and oxygen atoms in total. The van der Waals surface area contributed by atoms with E-state index in [0.717, 1.165) is 49.3 Å². The summed E-state index contributed by atoms with van der Waals surface area (Å²) in [6, 6.07) is 19.5. The van der Waals surface area contributed by atoms with E-state index in [2.05, 4.69) is 81.3 Å². The molecule has 66 heavy (non-hydrogen) atoms. The van der Waals surface area contributed by atoms with Gasteiger partial charge in [-0.2, -0.15) is 14.4 Å².